The SMILES string of the molecule is COC(C)(C)C(=O)Nc1cc(C)c(OCC(C)C)c(C)c1. The van der Waals surface area contributed by atoms with Gasteiger partial charge in [-0.25, -0.2) is 0 Å². The van der Waals surface area contributed by atoms with Gasteiger partial charge in [-0.3, -0.25) is 4.79 Å². The fourth-order valence-corrected chi connectivity index (χ4v) is 1.87. The molecule has 1 N–H and O–H groups in total. The minimum atomic E-state index is -0.853. The second-order valence-corrected chi connectivity index (χ2v) is 6.31. The highest BCUT2D eigenvalue weighted by molar-refractivity contribution is 5.97. The van der Waals surface area contributed by atoms with E-state index in [-0.39, 0.29) is 5.91 Å². The molecule has 1 rings (SSSR count). The van der Waals surface area contributed by atoms with E-state index < -0.39 is 5.60 Å². The van der Waals surface area contributed by atoms with Crippen LogP contribution < -0.4 is 10.1 Å². The smallest absolute Gasteiger partial charge is 0.256 e. The first kappa shape index (κ1) is 17.5. The van der Waals surface area contributed by atoms with Crippen LogP contribution in [-0.4, -0.2) is 25.2 Å². The molecule has 1 aromatic carbocycles. The Balaban J connectivity index is 2.91. The molecule has 0 aliphatic rings. The number of nitrogens with one attached hydrogen (secondary N) is 1. The van der Waals surface area contributed by atoms with Crippen LogP contribution in [0.3, 0.4) is 0 Å². The Kier molecular flexibility index (Phi) is 5.78. The molecule has 0 bridgehead atoms. The van der Waals surface area contributed by atoms with E-state index in [4.69, 9.17) is 9.47 Å². The summed E-state index contributed by atoms with van der Waals surface area (Å²) in [7, 11) is 1.53. The van der Waals surface area contributed by atoms with Crippen molar-refractivity contribution in [2.24, 2.45) is 5.92 Å². The molecule has 0 radical (unpaired) electrons. The average molecular weight is 293 g/mol. The van der Waals surface area contributed by atoms with Crippen molar-refractivity contribution in [2.45, 2.75) is 47.1 Å². The van der Waals surface area contributed by atoms with Gasteiger partial charge >= 0.3 is 0 Å². The molecule has 4 nitrogen and oxygen atoms in total. The molecule has 0 saturated carbocycles. The fourth-order valence-electron chi connectivity index (χ4n) is 1.87. The molecule has 4 heteroatoms. The van der Waals surface area contributed by atoms with Gasteiger partial charge in [-0.1, -0.05) is 13.8 Å². The minimum Gasteiger partial charge on any atom is -0.493 e. The molecule has 0 unspecified atom stereocenters. The molecule has 0 aliphatic heterocycles. The van der Waals surface area contributed by atoms with Crippen molar-refractivity contribution in [1.82, 2.24) is 0 Å². The van der Waals surface area contributed by atoms with Gasteiger partial charge < -0.3 is 14.8 Å². The van der Waals surface area contributed by atoms with E-state index in [0.29, 0.717) is 12.5 Å². The monoisotopic (exact) mass is 293 g/mol. The van der Waals surface area contributed by atoms with Crippen LogP contribution in [0.15, 0.2) is 12.1 Å². The van der Waals surface area contributed by atoms with Gasteiger partial charge in [0.15, 0.2) is 0 Å². The summed E-state index contributed by atoms with van der Waals surface area (Å²) in [6.45, 7) is 12.4. The van der Waals surface area contributed by atoms with E-state index in [0.717, 1.165) is 22.6 Å². The van der Waals surface area contributed by atoms with E-state index in [1.165, 1.54) is 7.11 Å². The van der Waals surface area contributed by atoms with Crippen molar-refractivity contribution in [2.75, 3.05) is 19.0 Å². The molecule has 1 aromatic rings. The van der Waals surface area contributed by atoms with E-state index in [9.17, 15) is 4.79 Å². The molecule has 0 fully saturated rings. The zero-order valence-electron chi connectivity index (χ0n) is 14.2. The lowest BCUT2D eigenvalue weighted by atomic mass is 10.1. The second-order valence-electron chi connectivity index (χ2n) is 6.31. The Bertz CT molecular complexity index is 484. The summed E-state index contributed by atoms with van der Waals surface area (Å²) in [6.07, 6.45) is 0. The van der Waals surface area contributed by atoms with Gasteiger partial charge in [0.2, 0.25) is 0 Å². The first-order chi connectivity index (χ1) is 9.67. The molecule has 0 saturated heterocycles. The van der Waals surface area contributed by atoms with Crippen LogP contribution in [0.1, 0.15) is 38.8 Å². The topological polar surface area (TPSA) is 47.6 Å². The Morgan fingerprint density at radius 1 is 1.24 bits per heavy atom. The van der Waals surface area contributed by atoms with Gasteiger partial charge in [0.25, 0.3) is 5.91 Å². The van der Waals surface area contributed by atoms with Crippen molar-refractivity contribution >= 4 is 11.6 Å². The maximum atomic E-state index is 12.1. The van der Waals surface area contributed by atoms with Crippen LogP contribution in [0.4, 0.5) is 5.69 Å². The molecule has 0 spiro atoms. The summed E-state index contributed by atoms with van der Waals surface area (Å²) in [5.74, 6) is 1.21. The lowest BCUT2D eigenvalue weighted by Gasteiger charge is -2.22. The number of amides is 1. The third-order valence-electron chi connectivity index (χ3n) is 3.34. The molecule has 0 atom stereocenters. The average Bonchev–Trinajstić information content (AvgIpc) is 2.37. The summed E-state index contributed by atoms with van der Waals surface area (Å²) < 4.78 is 11.0. The third-order valence-corrected chi connectivity index (χ3v) is 3.34. The highest BCUT2D eigenvalue weighted by atomic mass is 16.5. The van der Waals surface area contributed by atoms with Crippen LogP contribution in [-0.2, 0) is 9.53 Å². The van der Waals surface area contributed by atoms with Crippen molar-refractivity contribution < 1.29 is 14.3 Å². The molecule has 21 heavy (non-hydrogen) atoms. The van der Waals surface area contributed by atoms with Crippen LogP contribution in [0, 0.1) is 19.8 Å². The molecule has 0 heterocycles. The Labute approximate surface area is 127 Å². The first-order valence-electron chi connectivity index (χ1n) is 7.28. The summed E-state index contributed by atoms with van der Waals surface area (Å²) in [4.78, 5) is 12.1. The number of benzene rings is 1. The molecule has 1 amide bonds. The first-order valence-corrected chi connectivity index (χ1v) is 7.28. The maximum absolute atomic E-state index is 12.1. The van der Waals surface area contributed by atoms with Gasteiger partial charge in [0.05, 0.1) is 6.61 Å². The Hall–Kier alpha value is -1.55. The van der Waals surface area contributed by atoms with Crippen LogP contribution >= 0.6 is 0 Å². The quantitative estimate of drug-likeness (QED) is 0.870. The largest absolute Gasteiger partial charge is 0.493 e. The Morgan fingerprint density at radius 2 is 1.76 bits per heavy atom. The Morgan fingerprint density at radius 3 is 2.19 bits per heavy atom. The second kappa shape index (κ2) is 6.94. The number of ether oxygens (including phenoxy) is 2. The third kappa shape index (κ3) is 4.74. The lowest BCUT2D eigenvalue weighted by Crippen LogP contribution is -2.38. The number of hydrogen-bond donors (Lipinski definition) is 1. The predicted octanol–water partition coefficient (Wildman–Crippen LogP) is 3.70. The zero-order chi connectivity index (χ0) is 16.2. The van der Waals surface area contributed by atoms with E-state index in [2.05, 4.69) is 19.2 Å². The number of carbonyl (C=O) groups excluding carboxylic acids is 1. The van der Waals surface area contributed by atoms with Crippen molar-refractivity contribution in [1.29, 1.82) is 0 Å². The van der Waals surface area contributed by atoms with E-state index in [1.54, 1.807) is 13.8 Å². The summed E-state index contributed by atoms with van der Waals surface area (Å²) in [6, 6.07) is 3.85. The van der Waals surface area contributed by atoms with Gasteiger partial charge in [-0.05, 0) is 56.9 Å². The van der Waals surface area contributed by atoms with Crippen LogP contribution in [0.5, 0.6) is 5.75 Å². The van der Waals surface area contributed by atoms with E-state index >= 15 is 0 Å². The van der Waals surface area contributed by atoms with Gasteiger partial charge in [0.1, 0.15) is 11.4 Å². The number of methoxy groups -OCH3 is 1. The van der Waals surface area contributed by atoms with Crippen molar-refractivity contribution in [3.8, 4) is 5.75 Å². The fraction of sp³-hybridized carbons (Fsp3) is 0.588. The van der Waals surface area contributed by atoms with Crippen molar-refractivity contribution in [3.63, 3.8) is 0 Å². The number of carbonyl (C=O) groups is 1. The van der Waals surface area contributed by atoms with Crippen LogP contribution in [0.2, 0.25) is 0 Å². The number of hydrogen-bond acceptors (Lipinski definition) is 3. The summed E-state index contributed by atoms with van der Waals surface area (Å²) in [5, 5.41) is 2.89. The minimum absolute atomic E-state index is 0.167. The summed E-state index contributed by atoms with van der Waals surface area (Å²) >= 11 is 0. The van der Waals surface area contributed by atoms with Gasteiger partial charge in [-0.15, -0.1) is 0 Å². The standard InChI is InChI=1S/C17H27NO3/c1-11(2)10-21-15-12(3)8-14(9-13(15)4)18-16(19)17(5,6)20-7/h8-9,11H,10H2,1-7H3,(H,18,19). The number of anilines is 1. The molecule has 0 aliphatic carbocycles. The maximum Gasteiger partial charge on any atom is 0.256 e. The predicted molar refractivity (Wildman–Crippen MR) is 86.0 cm³/mol. The molecular weight excluding hydrogens is 266 g/mol. The number of aryl methyl sites for hydroxylation is 2. The zero-order valence-corrected chi connectivity index (χ0v) is 14.2. The highest BCUT2D eigenvalue weighted by Crippen LogP contribution is 2.28. The van der Waals surface area contributed by atoms with Crippen molar-refractivity contribution in [3.05, 3.63) is 23.3 Å². The highest BCUT2D eigenvalue weighted by Gasteiger charge is 2.27. The molecule has 118 valence electrons. The van der Waals surface area contributed by atoms with E-state index in [1.807, 2.05) is 26.0 Å². The lowest BCUT2D eigenvalue weighted by molar-refractivity contribution is -0.133. The molecular formula is C17H27NO3. The molecule has 0 aromatic heterocycles. The van der Waals surface area contributed by atoms with Crippen LogP contribution in [0.25, 0.3) is 0 Å². The van der Waals surface area contributed by atoms with Gasteiger partial charge in [0, 0.05) is 12.8 Å². The van der Waals surface area contributed by atoms with Gasteiger partial charge in [-0.2, -0.15) is 0 Å². The number of rotatable bonds is 6. The summed E-state index contributed by atoms with van der Waals surface area (Å²) in [5.41, 5.74) is 1.94. The normalized spacial score (nSPS) is 11.6.